The van der Waals surface area contributed by atoms with Crippen molar-refractivity contribution in [3.05, 3.63) is 129 Å². The van der Waals surface area contributed by atoms with E-state index < -0.39 is 17.9 Å². The lowest BCUT2D eigenvalue weighted by Gasteiger charge is -2.13. The highest BCUT2D eigenvalue weighted by molar-refractivity contribution is 5.88. The summed E-state index contributed by atoms with van der Waals surface area (Å²) in [4.78, 5) is 63.0. The molecule has 1 atom stereocenters. The summed E-state index contributed by atoms with van der Waals surface area (Å²) < 4.78 is 27.6. The molecule has 0 aliphatic heterocycles. The Morgan fingerprint density at radius 1 is 0.636 bits per heavy atom. The Morgan fingerprint density at radius 3 is 1.42 bits per heavy atom. The monoisotopic (exact) mass is 770 g/mol. The van der Waals surface area contributed by atoms with E-state index in [-0.39, 0.29) is 37.2 Å². The molecule has 0 aliphatic carbocycles. The Balaban J connectivity index is -0.000000188. The molecule has 0 fully saturated rings. The number of ether oxygens (including phenoxy) is 6. The van der Waals surface area contributed by atoms with Crippen LogP contribution in [0.1, 0.15) is 66.4 Å². The molecule has 0 amide bonds. The van der Waals surface area contributed by atoms with Crippen LogP contribution in [0.5, 0.6) is 0 Å². The van der Waals surface area contributed by atoms with Gasteiger partial charge in [0, 0.05) is 40.9 Å². The van der Waals surface area contributed by atoms with E-state index in [0.717, 1.165) is 18.9 Å². The summed E-state index contributed by atoms with van der Waals surface area (Å²) in [5.74, 6) is -2.30. The fraction of sp³-hybridized carbons (Fsp3) is 0.349. The van der Waals surface area contributed by atoms with Crippen LogP contribution in [0.2, 0.25) is 0 Å². The second kappa shape index (κ2) is 40.7. The molecule has 1 aromatic carbocycles. The van der Waals surface area contributed by atoms with Gasteiger partial charge in [-0.25, -0.2) is 28.8 Å². The fourth-order valence-electron chi connectivity index (χ4n) is 2.26. The van der Waals surface area contributed by atoms with Crippen LogP contribution in [-0.2, 0) is 57.2 Å². The first kappa shape index (κ1) is 58.3. The number of esters is 6. The minimum atomic E-state index is -0.432. The molecule has 0 bridgehead atoms. The third-order valence-corrected chi connectivity index (χ3v) is 5.29. The van der Waals surface area contributed by atoms with E-state index in [1.54, 1.807) is 34.6 Å². The Kier molecular flexibility index (Phi) is 43.2. The van der Waals surface area contributed by atoms with Gasteiger partial charge in [0.2, 0.25) is 0 Å². The normalized spacial score (nSPS) is 9.02. The van der Waals surface area contributed by atoms with Crippen LogP contribution in [0.25, 0.3) is 6.08 Å². The Bertz CT molecular complexity index is 1390. The van der Waals surface area contributed by atoms with Crippen LogP contribution in [0, 0.1) is 0 Å². The van der Waals surface area contributed by atoms with Gasteiger partial charge in [-0.1, -0.05) is 108 Å². The Morgan fingerprint density at radius 2 is 1.11 bits per heavy atom. The average Bonchev–Trinajstić information content (AvgIpc) is 3.17. The summed E-state index contributed by atoms with van der Waals surface area (Å²) in [6.45, 7) is 38.2. The molecule has 55 heavy (non-hydrogen) atoms. The summed E-state index contributed by atoms with van der Waals surface area (Å²) in [6, 6.07) is 10.0. The molecule has 1 rings (SSSR count). The first-order valence-electron chi connectivity index (χ1n) is 16.8. The van der Waals surface area contributed by atoms with Crippen LogP contribution in [-0.4, -0.2) is 76.0 Å². The maximum atomic E-state index is 11.1. The molecule has 306 valence electrons. The van der Waals surface area contributed by atoms with Crippen molar-refractivity contribution in [2.45, 2.75) is 66.9 Å². The van der Waals surface area contributed by atoms with Crippen molar-refractivity contribution in [2.75, 3.05) is 34.0 Å². The van der Waals surface area contributed by atoms with Gasteiger partial charge in [-0.15, -0.1) is 0 Å². The van der Waals surface area contributed by atoms with Gasteiger partial charge in [-0.05, 0) is 46.6 Å². The predicted molar refractivity (Wildman–Crippen MR) is 218 cm³/mol. The standard InChI is InChI=1S/C12H18O4.C8H8.C7H10O2.C7H12O2.C5H8O2.C4H6O2/c1-8(2)11(13)15-7-6-10(5)16-12(14)9(3)4;1-2-8-6-4-3-5-7-8;1-4-5-9-7(8)6(2)3;1-3-5-6-9-7(8)4-2;1-4(2)5(6)7-3;1-3-4(5)6-2/h10H,1,3,6-7H2,2,4-5H3;2-7H,1H2;4H,1-2,5H2,3H3;4H,2-3,5-6H2,1H3;1H2,2-3H3;3H,1H2,2H3. The van der Waals surface area contributed by atoms with Gasteiger partial charge in [0.05, 0.1) is 27.4 Å². The van der Waals surface area contributed by atoms with Gasteiger partial charge in [-0.3, -0.25) is 0 Å². The van der Waals surface area contributed by atoms with E-state index in [1.807, 2.05) is 43.3 Å². The van der Waals surface area contributed by atoms with Gasteiger partial charge >= 0.3 is 35.8 Å². The summed E-state index contributed by atoms with van der Waals surface area (Å²) in [5, 5.41) is 0. The zero-order valence-electron chi connectivity index (χ0n) is 34.1. The summed E-state index contributed by atoms with van der Waals surface area (Å²) in [6.07, 6.45) is 7.76. The number of benzene rings is 1. The lowest BCUT2D eigenvalue weighted by atomic mass is 10.2. The molecule has 0 heterocycles. The van der Waals surface area contributed by atoms with Gasteiger partial charge in [0.15, 0.2) is 0 Å². The highest BCUT2D eigenvalue weighted by Gasteiger charge is 2.11. The highest BCUT2D eigenvalue weighted by atomic mass is 16.6. The van der Waals surface area contributed by atoms with Crippen molar-refractivity contribution in [3.8, 4) is 0 Å². The predicted octanol–water partition coefficient (Wildman–Crippen LogP) is 8.22. The van der Waals surface area contributed by atoms with Crippen molar-refractivity contribution in [2.24, 2.45) is 0 Å². The lowest BCUT2D eigenvalue weighted by Crippen LogP contribution is -2.18. The minimum absolute atomic E-state index is 0.205. The Hall–Kier alpha value is -6.04. The molecular formula is C43H62O12. The number of unbranched alkanes of at least 4 members (excludes halogenated alkanes) is 1. The van der Waals surface area contributed by atoms with Gasteiger partial charge in [0.1, 0.15) is 12.7 Å². The molecule has 0 saturated carbocycles. The minimum Gasteiger partial charge on any atom is -0.466 e. The quantitative estimate of drug-likeness (QED) is 0.0522. The van der Waals surface area contributed by atoms with E-state index in [2.05, 4.69) is 71.6 Å². The highest BCUT2D eigenvalue weighted by Crippen LogP contribution is 2.03. The van der Waals surface area contributed by atoms with Crippen LogP contribution in [0.4, 0.5) is 0 Å². The third-order valence-electron chi connectivity index (χ3n) is 5.29. The largest absolute Gasteiger partial charge is 0.466 e. The molecule has 0 saturated heterocycles. The zero-order chi connectivity index (χ0) is 43.8. The van der Waals surface area contributed by atoms with Crippen LogP contribution in [0.3, 0.4) is 0 Å². The topological polar surface area (TPSA) is 158 Å². The smallest absolute Gasteiger partial charge is 0.333 e. The number of hydrogen-bond acceptors (Lipinski definition) is 12. The second-order valence-corrected chi connectivity index (χ2v) is 10.7. The maximum Gasteiger partial charge on any atom is 0.333 e. The molecule has 12 nitrogen and oxygen atoms in total. The number of carbonyl (C=O) groups excluding carboxylic acids is 6. The molecule has 0 radical (unpaired) electrons. The number of rotatable bonds is 16. The van der Waals surface area contributed by atoms with Crippen molar-refractivity contribution < 1.29 is 57.2 Å². The molecule has 1 unspecified atom stereocenters. The summed E-state index contributed by atoms with van der Waals surface area (Å²) in [5.41, 5.74) is 2.73. The van der Waals surface area contributed by atoms with E-state index in [4.69, 9.17) is 9.47 Å². The second-order valence-electron chi connectivity index (χ2n) is 10.7. The van der Waals surface area contributed by atoms with Crippen molar-refractivity contribution >= 4 is 41.9 Å². The van der Waals surface area contributed by atoms with Gasteiger partial charge in [0.25, 0.3) is 0 Å². The van der Waals surface area contributed by atoms with Crippen molar-refractivity contribution in [3.63, 3.8) is 0 Å². The third kappa shape index (κ3) is 45.9. The maximum absolute atomic E-state index is 11.1. The Labute approximate surface area is 328 Å². The van der Waals surface area contributed by atoms with Crippen LogP contribution in [0.15, 0.2) is 123 Å². The van der Waals surface area contributed by atoms with Crippen LogP contribution >= 0.6 is 0 Å². The lowest BCUT2D eigenvalue weighted by molar-refractivity contribution is -0.146. The molecular weight excluding hydrogens is 708 g/mol. The molecule has 1 aromatic rings. The first-order chi connectivity index (χ1) is 25.8. The summed E-state index contributed by atoms with van der Waals surface area (Å²) in [7, 11) is 2.64. The van der Waals surface area contributed by atoms with Crippen molar-refractivity contribution in [1.29, 1.82) is 0 Å². The van der Waals surface area contributed by atoms with E-state index in [0.29, 0.717) is 35.3 Å². The van der Waals surface area contributed by atoms with E-state index in [1.165, 1.54) is 31.9 Å². The molecule has 12 heteroatoms. The molecule has 0 aliphatic rings. The fourth-order valence-corrected chi connectivity index (χ4v) is 2.26. The van der Waals surface area contributed by atoms with Crippen molar-refractivity contribution in [1.82, 2.24) is 0 Å². The summed E-state index contributed by atoms with van der Waals surface area (Å²) >= 11 is 0. The number of hydrogen-bond donors (Lipinski definition) is 0. The molecule has 0 aromatic heterocycles. The first-order valence-corrected chi connectivity index (χ1v) is 16.8. The number of carbonyl (C=O) groups is 6. The van der Waals surface area contributed by atoms with E-state index >= 15 is 0 Å². The number of methoxy groups -OCH3 is 2. The van der Waals surface area contributed by atoms with Crippen LogP contribution < -0.4 is 0 Å². The van der Waals surface area contributed by atoms with Gasteiger partial charge < -0.3 is 28.4 Å². The SMILES string of the molecule is C=C(C)C(=O)OC.C=C(C)C(=O)OCCC(C)OC(=O)C(=C)C.C=CC(=O)OC.C=CC(=O)OCCCC.C=CCOC(=O)C(=C)C.C=Cc1ccccc1. The van der Waals surface area contributed by atoms with Gasteiger partial charge in [-0.2, -0.15) is 0 Å². The van der Waals surface area contributed by atoms with E-state index in [9.17, 15) is 28.8 Å². The molecule has 0 spiro atoms. The zero-order valence-corrected chi connectivity index (χ0v) is 34.1. The molecule has 0 N–H and O–H groups in total. The average molecular weight is 771 g/mol.